The molecule has 17 heavy (non-hydrogen) atoms. The average Bonchev–Trinajstić information content (AvgIpc) is 2.34. The maximum absolute atomic E-state index is 11.5. The molecular weight excluding hydrogens is 220 g/mol. The molecule has 5 heteroatoms. The van der Waals surface area contributed by atoms with Crippen molar-refractivity contribution in [1.29, 1.82) is 0 Å². The lowest BCUT2D eigenvalue weighted by molar-refractivity contribution is -0.124. The molecule has 0 spiro atoms. The first kappa shape index (κ1) is 16.4. The Hall–Kier alpha value is -0.650. The van der Waals surface area contributed by atoms with E-state index in [1.165, 1.54) is 0 Å². The number of carbonyl (C=O) groups is 1. The first-order valence-corrected chi connectivity index (χ1v) is 6.30. The number of nitrogens with one attached hydrogen (secondary N) is 1. The number of rotatable bonds is 11. The molecule has 0 saturated heterocycles. The zero-order chi connectivity index (χ0) is 12.9. The third-order valence-corrected chi connectivity index (χ3v) is 2.59. The van der Waals surface area contributed by atoms with Gasteiger partial charge < -0.3 is 20.5 Å². The lowest BCUT2D eigenvalue weighted by atomic mass is 10.1. The van der Waals surface area contributed by atoms with Crippen LogP contribution in [0.3, 0.4) is 0 Å². The maximum atomic E-state index is 11.5. The van der Waals surface area contributed by atoms with Gasteiger partial charge in [-0.3, -0.25) is 4.79 Å². The molecule has 0 saturated carbocycles. The van der Waals surface area contributed by atoms with E-state index in [9.17, 15) is 4.79 Å². The van der Waals surface area contributed by atoms with E-state index in [2.05, 4.69) is 5.32 Å². The first-order valence-electron chi connectivity index (χ1n) is 6.30. The molecule has 0 aliphatic carbocycles. The van der Waals surface area contributed by atoms with Crippen LogP contribution in [0.25, 0.3) is 0 Å². The van der Waals surface area contributed by atoms with Crippen LogP contribution < -0.4 is 11.1 Å². The van der Waals surface area contributed by atoms with Gasteiger partial charge in [0, 0.05) is 32.7 Å². The van der Waals surface area contributed by atoms with Crippen molar-refractivity contribution in [3.8, 4) is 0 Å². The van der Waals surface area contributed by atoms with E-state index in [1.807, 2.05) is 6.92 Å². The summed E-state index contributed by atoms with van der Waals surface area (Å²) < 4.78 is 10.2. The van der Waals surface area contributed by atoms with E-state index in [4.69, 9.17) is 15.2 Å². The van der Waals surface area contributed by atoms with Crippen molar-refractivity contribution in [1.82, 2.24) is 5.32 Å². The van der Waals surface area contributed by atoms with Crippen LogP contribution in [0.4, 0.5) is 0 Å². The van der Waals surface area contributed by atoms with Gasteiger partial charge in [0.2, 0.25) is 5.91 Å². The molecule has 0 aliphatic rings. The molecule has 0 heterocycles. The standard InChI is InChI=1S/C12H26N2O3/c1-3-11(10-13)12(15)14-6-4-5-7-17-9-8-16-2/h11H,3-10,13H2,1-2H3,(H,14,15). The summed E-state index contributed by atoms with van der Waals surface area (Å²) in [6.45, 7) is 5.07. The van der Waals surface area contributed by atoms with Crippen molar-refractivity contribution in [3.05, 3.63) is 0 Å². The SMILES string of the molecule is CCC(CN)C(=O)NCCCCOCCOC. The van der Waals surface area contributed by atoms with Gasteiger partial charge in [-0.2, -0.15) is 0 Å². The van der Waals surface area contributed by atoms with Crippen LogP contribution >= 0.6 is 0 Å². The van der Waals surface area contributed by atoms with E-state index in [-0.39, 0.29) is 11.8 Å². The summed E-state index contributed by atoms with van der Waals surface area (Å²) in [4.78, 5) is 11.5. The van der Waals surface area contributed by atoms with Gasteiger partial charge >= 0.3 is 0 Å². The van der Waals surface area contributed by atoms with Crippen LogP contribution in [0.15, 0.2) is 0 Å². The van der Waals surface area contributed by atoms with E-state index >= 15 is 0 Å². The highest BCUT2D eigenvalue weighted by molar-refractivity contribution is 5.78. The predicted molar refractivity (Wildman–Crippen MR) is 67.8 cm³/mol. The number of nitrogens with two attached hydrogens (primary N) is 1. The number of unbranched alkanes of at least 4 members (excludes halogenated alkanes) is 1. The number of carbonyl (C=O) groups excluding carboxylic acids is 1. The fourth-order valence-corrected chi connectivity index (χ4v) is 1.39. The minimum absolute atomic E-state index is 0.0482. The lowest BCUT2D eigenvalue weighted by Crippen LogP contribution is -2.35. The Morgan fingerprint density at radius 1 is 1.29 bits per heavy atom. The molecule has 3 N–H and O–H groups in total. The summed E-state index contributed by atoms with van der Waals surface area (Å²) in [5.74, 6) is 0.0169. The van der Waals surface area contributed by atoms with Crippen LogP contribution in [0.5, 0.6) is 0 Å². The molecule has 0 radical (unpaired) electrons. The van der Waals surface area contributed by atoms with Gasteiger partial charge in [0.25, 0.3) is 0 Å². The smallest absolute Gasteiger partial charge is 0.224 e. The van der Waals surface area contributed by atoms with Crippen molar-refractivity contribution in [2.45, 2.75) is 26.2 Å². The quantitative estimate of drug-likeness (QED) is 0.522. The number of ether oxygens (including phenoxy) is 2. The minimum Gasteiger partial charge on any atom is -0.382 e. The van der Waals surface area contributed by atoms with Gasteiger partial charge in [-0.1, -0.05) is 6.92 Å². The van der Waals surface area contributed by atoms with E-state index < -0.39 is 0 Å². The molecule has 0 bridgehead atoms. The highest BCUT2D eigenvalue weighted by Crippen LogP contribution is 1.99. The van der Waals surface area contributed by atoms with Crippen molar-refractivity contribution in [3.63, 3.8) is 0 Å². The lowest BCUT2D eigenvalue weighted by Gasteiger charge is -2.12. The molecule has 0 rings (SSSR count). The Morgan fingerprint density at radius 2 is 2.06 bits per heavy atom. The number of hydrogen-bond donors (Lipinski definition) is 2. The molecular formula is C12H26N2O3. The first-order chi connectivity index (χ1) is 8.26. The molecule has 0 aromatic heterocycles. The highest BCUT2D eigenvalue weighted by atomic mass is 16.5. The highest BCUT2D eigenvalue weighted by Gasteiger charge is 2.12. The van der Waals surface area contributed by atoms with Crippen LogP contribution in [0, 0.1) is 5.92 Å². The third-order valence-electron chi connectivity index (χ3n) is 2.59. The monoisotopic (exact) mass is 246 g/mol. The normalized spacial score (nSPS) is 12.4. The van der Waals surface area contributed by atoms with Gasteiger partial charge in [0.15, 0.2) is 0 Å². The zero-order valence-corrected chi connectivity index (χ0v) is 11.0. The van der Waals surface area contributed by atoms with E-state index in [0.29, 0.717) is 32.9 Å². The third kappa shape index (κ3) is 9.09. The Kier molecular flexibility index (Phi) is 11.4. The molecule has 0 aromatic rings. The van der Waals surface area contributed by atoms with Crippen molar-refractivity contribution >= 4 is 5.91 Å². The maximum Gasteiger partial charge on any atom is 0.224 e. The van der Waals surface area contributed by atoms with Gasteiger partial charge in [-0.05, 0) is 19.3 Å². The van der Waals surface area contributed by atoms with E-state index in [1.54, 1.807) is 7.11 Å². The van der Waals surface area contributed by atoms with Crippen molar-refractivity contribution in [2.75, 3.05) is 40.0 Å². The Morgan fingerprint density at radius 3 is 2.65 bits per heavy atom. The zero-order valence-electron chi connectivity index (χ0n) is 11.0. The molecule has 5 nitrogen and oxygen atoms in total. The number of hydrogen-bond acceptors (Lipinski definition) is 4. The van der Waals surface area contributed by atoms with Crippen LogP contribution in [-0.4, -0.2) is 45.9 Å². The van der Waals surface area contributed by atoms with Gasteiger partial charge in [-0.25, -0.2) is 0 Å². The fraction of sp³-hybridized carbons (Fsp3) is 0.917. The van der Waals surface area contributed by atoms with E-state index in [0.717, 1.165) is 19.3 Å². The van der Waals surface area contributed by atoms with Gasteiger partial charge in [-0.15, -0.1) is 0 Å². The summed E-state index contributed by atoms with van der Waals surface area (Å²) in [5.41, 5.74) is 5.49. The number of methoxy groups -OCH3 is 1. The second-order valence-electron chi connectivity index (χ2n) is 3.94. The minimum atomic E-state index is -0.0482. The largest absolute Gasteiger partial charge is 0.382 e. The second-order valence-corrected chi connectivity index (χ2v) is 3.94. The fourth-order valence-electron chi connectivity index (χ4n) is 1.39. The number of amides is 1. The molecule has 1 atom stereocenters. The summed E-state index contributed by atoms with van der Waals surface area (Å²) in [6.07, 6.45) is 2.67. The molecule has 1 amide bonds. The van der Waals surface area contributed by atoms with Crippen molar-refractivity contribution in [2.24, 2.45) is 11.7 Å². The summed E-state index contributed by atoms with van der Waals surface area (Å²) in [6, 6.07) is 0. The summed E-state index contributed by atoms with van der Waals surface area (Å²) in [7, 11) is 1.65. The molecule has 0 aromatic carbocycles. The average molecular weight is 246 g/mol. The molecule has 0 aliphatic heterocycles. The second kappa shape index (κ2) is 11.8. The van der Waals surface area contributed by atoms with Gasteiger partial charge in [0.1, 0.15) is 0 Å². The molecule has 0 fully saturated rings. The van der Waals surface area contributed by atoms with Crippen LogP contribution in [-0.2, 0) is 14.3 Å². The Labute approximate surface area is 104 Å². The topological polar surface area (TPSA) is 73.6 Å². The predicted octanol–water partition coefficient (Wildman–Crippen LogP) is 0.531. The van der Waals surface area contributed by atoms with Crippen LogP contribution in [0.2, 0.25) is 0 Å². The summed E-state index contributed by atoms with van der Waals surface area (Å²) in [5, 5.41) is 2.89. The van der Waals surface area contributed by atoms with Gasteiger partial charge in [0.05, 0.1) is 13.2 Å². The summed E-state index contributed by atoms with van der Waals surface area (Å²) >= 11 is 0. The van der Waals surface area contributed by atoms with Crippen molar-refractivity contribution < 1.29 is 14.3 Å². The molecule has 1 unspecified atom stereocenters. The molecule has 102 valence electrons. The Bertz CT molecular complexity index is 185. The van der Waals surface area contributed by atoms with Crippen LogP contribution in [0.1, 0.15) is 26.2 Å². The Balaban J connectivity index is 3.30.